The Morgan fingerprint density at radius 3 is 2.79 bits per heavy atom. The van der Waals surface area contributed by atoms with Gasteiger partial charge >= 0.3 is 0 Å². The molecule has 19 heavy (non-hydrogen) atoms. The van der Waals surface area contributed by atoms with Gasteiger partial charge < -0.3 is 15.2 Å². The highest BCUT2D eigenvalue weighted by Crippen LogP contribution is 2.11. The number of hydrogen-bond acceptors (Lipinski definition) is 4. The van der Waals surface area contributed by atoms with E-state index in [0.717, 1.165) is 11.6 Å². The van der Waals surface area contributed by atoms with Gasteiger partial charge in [0, 0.05) is 14.1 Å². The van der Waals surface area contributed by atoms with Gasteiger partial charge in [-0.2, -0.15) is 11.8 Å². The quantitative estimate of drug-likeness (QED) is 0.861. The van der Waals surface area contributed by atoms with Gasteiger partial charge in [-0.15, -0.1) is 12.4 Å². The Morgan fingerprint density at radius 2 is 2.32 bits per heavy atom. The van der Waals surface area contributed by atoms with E-state index >= 15 is 0 Å². The molecule has 0 bridgehead atoms. The van der Waals surface area contributed by atoms with Crippen molar-refractivity contribution in [1.82, 2.24) is 14.5 Å². The van der Waals surface area contributed by atoms with E-state index in [9.17, 15) is 4.79 Å². The molecule has 110 valence electrons. The molecule has 1 aromatic rings. The summed E-state index contributed by atoms with van der Waals surface area (Å²) in [6.45, 7) is 0.412. The van der Waals surface area contributed by atoms with E-state index in [1.807, 2.05) is 13.3 Å². The van der Waals surface area contributed by atoms with Gasteiger partial charge in [-0.1, -0.05) is 11.6 Å². The second-order valence-corrected chi connectivity index (χ2v) is 5.51. The number of hydrogen-bond donors (Lipinski definition) is 1. The maximum absolute atomic E-state index is 12.0. The minimum absolute atomic E-state index is 0. The summed E-state index contributed by atoms with van der Waals surface area (Å²) >= 11 is 7.58. The Bertz CT molecular complexity index is 413. The molecule has 1 rings (SSSR count). The molecule has 0 aliphatic rings. The third-order valence-electron chi connectivity index (χ3n) is 2.73. The maximum Gasteiger partial charge on any atom is 0.239 e. The summed E-state index contributed by atoms with van der Waals surface area (Å²) in [5, 5.41) is 0.553. The lowest BCUT2D eigenvalue weighted by atomic mass is 10.2. The second kappa shape index (κ2) is 8.68. The van der Waals surface area contributed by atoms with E-state index in [4.69, 9.17) is 17.3 Å². The highest BCUT2D eigenvalue weighted by Gasteiger charge is 2.19. The number of rotatable bonds is 6. The first-order valence-electron chi connectivity index (χ1n) is 5.63. The molecule has 0 saturated carbocycles. The fourth-order valence-corrected chi connectivity index (χ4v) is 2.15. The van der Waals surface area contributed by atoms with Crippen molar-refractivity contribution < 1.29 is 4.79 Å². The molecule has 0 radical (unpaired) electrons. The average molecular weight is 327 g/mol. The molecule has 0 unspecified atom stereocenters. The predicted octanol–water partition coefficient (Wildman–Crippen LogP) is 1.53. The molecule has 1 amide bonds. The maximum atomic E-state index is 12.0. The molecular weight excluding hydrogens is 307 g/mol. The van der Waals surface area contributed by atoms with E-state index in [1.54, 1.807) is 34.5 Å². The van der Waals surface area contributed by atoms with Crippen molar-refractivity contribution in [2.75, 3.05) is 19.1 Å². The highest BCUT2D eigenvalue weighted by atomic mass is 35.5. The molecular formula is C11H20Cl2N4OS. The van der Waals surface area contributed by atoms with E-state index in [2.05, 4.69) is 4.98 Å². The summed E-state index contributed by atoms with van der Waals surface area (Å²) in [5.74, 6) is 1.56. The number of carbonyl (C=O) groups is 1. The lowest BCUT2D eigenvalue weighted by Crippen LogP contribution is -2.42. The Balaban J connectivity index is 0.00000324. The fourth-order valence-electron chi connectivity index (χ4n) is 1.51. The summed E-state index contributed by atoms with van der Waals surface area (Å²) in [5.41, 5.74) is 5.84. The van der Waals surface area contributed by atoms with Crippen LogP contribution in [0.25, 0.3) is 0 Å². The number of nitrogens with zero attached hydrogens (tertiary/aromatic N) is 3. The van der Waals surface area contributed by atoms with Gasteiger partial charge in [0.1, 0.15) is 11.0 Å². The summed E-state index contributed by atoms with van der Waals surface area (Å²) < 4.78 is 1.75. The molecule has 0 saturated heterocycles. The summed E-state index contributed by atoms with van der Waals surface area (Å²) in [7, 11) is 3.54. The van der Waals surface area contributed by atoms with Crippen LogP contribution >= 0.6 is 35.8 Å². The van der Waals surface area contributed by atoms with Crippen molar-refractivity contribution in [3.05, 3.63) is 17.2 Å². The smallest absolute Gasteiger partial charge is 0.239 e. The van der Waals surface area contributed by atoms with Crippen LogP contribution in [0.3, 0.4) is 0 Å². The monoisotopic (exact) mass is 326 g/mol. The number of halogens is 2. The van der Waals surface area contributed by atoms with Crippen molar-refractivity contribution in [2.45, 2.75) is 19.0 Å². The van der Waals surface area contributed by atoms with Crippen LogP contribution in [0, 0.1) is 0 Å². The van der Waals surface area contributed by atoms with Crippen LogP contribution in [0.15, 0.2) is 6.20 Å². The van der Waals surface area contributed by atoms with Gasteiger partial charge in [0.05, 0.1) is 18.8 Å². The van der Waals surface area contributed by atoms with Gasteiger partial charge in [0.15, 0.2) is 0 Å². The van der Waals surface area contributed by atoms with E-state index in [-0.39, 0.29) is 18.3 Å². The van der Waals surface area contributed by atoms with E-state index in [1.165, 1.54) is 0 Å². The zero-order valence-corrected chi connectivity index (χ0v) is 13.7. The Labute approximate surface area is 129 Å². The topological polar surface area (TPSA) is 64.2 Å². The standard InChI is InChI=1S/C11H19ClN4OS.ClH/c1-15(11(17)8(13)4-5-18-3)7-10-14-6-9(12)16(10)2;/h6,8H,4-5,7,13H2,1-3H3;1H/t8-;/m0./s1. The molecule has 0 fully saturated rings. The van der Waals surface area contributed by atoms with Crippen LogP contribution in [0.2, 0.25) is 5.15 Å². The van der Waals surface area contributed by atoms with Gasteiger partial charge in [-0.25, -0.2) is 4.98 Å². The minimum atomic E-state index is -0.446. The Morgan fingerprint density at radius 1 is 1.68 bits per heavy atom. The molecule has 1 heterocycles. The summed E-state index contributed by atoms with van der Waals surface area (Å²) in [6, 6.07) is -0.446. The van der Waals surface area contributed by atoms with Crippen LogP contribution in [0.5, 0.6) is 0 Å². The first-order chi connectivity index (χ1) is 8.47. The molecule has 0 spiro atoms. The Kier molecular flexibility index (Phi) is 8.49. The number of nitrogens with two attached hydrogens (primary N) is 1. The zero-order chi connectivity index (χ0) is 13.7. The lowest BCUT2D eigenvalue weighted by molar-refractivity contribution is -0.131. The largest absolute Gasteiger partial charge is 0.337 e. The fraction of sp³-hybridized carbons (Fsp3) is 0.636. The molecule has 2 N–H and O–H groups in total. The average Bonchev–Trinajstić information content (AvgIpc) is 2.66. The second-order valence-electron chi connectivity index (χ2n) is 4.14. The number of imidazole rings is 1. The number of aromatic nitrogens is 2. The predicted molar refractivity (Wildman–Crippen MR) is 82.9 cm³/mol. The first kappa shape index (κ1) is 18.6. The normalized spacial score (nSPS) is 11.8. The third-order valence-corrected chi connectivity index (χ3v) is 3.73. The Hall–Kier alpha value is -0.430. The van der Waals surface area contributed by atoms with Crippen molar-refractivity contribution in [3.8, 4) is 0 Å². The molecule has 1 aromatic heterocycles. The molecule has 8 heteroatoms. The van der Waals surface area contributed by atoms with Crippen molar-refractivity contribution >= 4 is 41.7 Å². The number of thioether (sulfide) groups is 1. The summed E-state index contributed by atoms with van der Waals surface area (Å²) in [4.78, 5) is 17.7. The SMILES string of the molecule is CSCC[C@H](N)C(=O)N(C)Cc1ncc(Cl)n1C.Cl. The molecule has 0 aliphatic carbocycles. The lowest BCUT2D eigenvalue weighted by Gasteiger charge is -2.20. The van der Waals surface area contributed by atoms with Crippen LogP contribution in [-0.2, 0) is 18.4 Å². The first-order valence-corrected chi connectivity index (χ1v) is 7.40. The highest BCUT2D eigenvalue weighted by molar-refractivity contribution is 7.98. The van der Waals surface area contributed by atoms with E-state index < -0.39 is 6.04 Å². The van der Waals surface area contributed by atoms with Crippen molar-refractivity contribution in [1.29, 1.82) is 0 Å². The van der Waals surface area contributed by atoms with Crippen LogP contribution in [0.4, 0.5) is 0 Å². The number of likely N-dealkylation sites (N-methyl/N-ethyl adjacent to an activating group) is 1. The minimum Gasteiger partial charge on any atom is -0.337 e. The van der Waals surface area contributed by atoms with E-state index in [0.29, 0.717) is 18.1 Å². The van der Waals surface area contributed by atoms with Gasteiger partial charge in [-0.3, -0.25) is 4.79 Å². The van der Waals surface area contributed by atoms with Crippen LogP contribution in [0.1, 0.15) is 12.2 Å². The van der Waals surface area contributed by atoms with Crippen molar-refractivity contribution in [2.24, 2.45) is 12.8 Å². The van der Waals surface area contributed by atoms with Crippen LogP contribution in [-0.4, -0.2) is 45.5 Å². The van der Waals surface area contributed by atoms with Crippen molar-refractivity contribution in [3.63, 3.8) is 0 Å². The summed E-state index contributed by atoms with van der Waals surface area (Å²) in [6.07, 6.45) is 4.26. The molecule has 0 aliphatic heterocycles. The zero-order valence-electron chi connectivity index (χ0n) is 11.3. The van der Waals surface area contributed by atoms with Gasteiger partial charge in [0.25, 0.3) is 0 Å². The molecule has 5 nitrogen and oxygen atoms in total. The van der Waals surface area contributed by atoms with Crippen LogP contribution < -0.4 is 5.73 Å². The number of amides is 1. The van der Waals surface area contributed by atoms with Gasteiger partial charge in [0.2, 0.25) is 5.91 Å². The number of carbonyl (C=O) groups excluding carboxylic acids is 1. The third kappa shape index (κ3) is 5.22. The van der Waals surface area contributed by atoms with Gasteiger partial charge in [-0.05, 0) is 18.4 Å². The molecule has 1 atom stereocenters. The molecule has 0 aromatic carbocycles.